The summed E-state index contributed by atoms with van der Waals surface area (Å²) in [5, 5.41) is 8.53. The molecule has 0 aliphatic heterocycles. The molecule has 0 atom stereocenters. The summed E-state index contributed by atoms with van der Waals surface area (Å²) >= 11 is 0. The van der Waals surface area contributed by atoms with Gasteiger partial charge in [-0.3, -0.25) is 0 Å². The molecule has 0 bridgehead atoms. The van der Waals surface area contributed by atoms with E-state index < -0.39 is 0 Å². The summed E-state index contributed by atoms with van der Waals surface area (Å²) in [5.41, 5.74) is 0. The first-order valence-electron chi connectivity index (χ1n) is 5.22. The quantitative estimate of drug-likeness (QED) is 0.414. The van der Waals surface area contributed by atoms with Crippen molar-refractivity contribution in [3.8, 4) is 0 Å². The van der Waals surface area contributed by atoms with Crippen molar-refractivity contribution in [3.05, 3.63) is 0 Å². The van der Waals surface area contributed by atoms with E-state index in [-0.39, 0.29) is 0 Å². The van der Waals surface area contributed by atoms with Crippen molar-refractivity contribution in [3.63, 3.8) is 0 Å². The van der Waals surface area contributed by atoms with Crippen LogP contribution < -0.4 is 0 Å². The molecule has 0 saturated carbocycles. The fourth-order valence-electron chi connectivity index (χ4n) is 1.32. The number of hydrogen-bond acceptors (Lipinski definition) is 1. The van der Waals surface area contributed by atoms with Gasteiger partial charge in [-0.1, -0.05) is 51.3 Å². The normalized spacial score (nSPS) is 10.4. The van der Waals surface area contributed by atoms with Gasteiger partial charge in [-0.05, 0) is 6.42 Å². The summed E-state index contributed by atoms with van der Waals surface area (Å²) in [6.07, 6.45) is 10.7. The minimum absolute atomic E-state index is 0.354. The second-order valence-corrected chi connectivity index (χ2v) is 3.34. The lowest BCUT2D eigenvalue weighted by Crippen LogP contribution is -1.84. The number of rotatable bonds is 9. The first-order chi connectivity index (χ1) is 5.91. The Balaban J connectivity index is 2.73. The van der Waals surface area contributed by atoms with Crippen LogP contribution >= 0.6 is 0 Å². The third kappa shape index (κ3) is 10.0. The Morgan fingerprint density at radius 1 is 0.667 bits per heavy atom. The number of aliphatic hydroxyl groups is 1. The Bertz CT molecular complexity index is 66.2. The first kappa shape index (κ1) is 12.0. The first-order valence-corrected chi connectivity index (χ1v) is 5.22. The summed E-state index contributed by atoms with van der Waals surface area (Å²) in [4.78, 5) is 0. The van der Waals surface area contributed by atoms with Gasteiger partial charge >= 0.3 is 0 Å². The van der Waals surface area contributed by atoms with Gasteiger partial charge in [0.25, 0.3) is 0 Å². The lowest BCUT2D eigenvalue weighted by atomic mass is 9.98. The maximum Gasteiger partial charge on any atom is 0.0653 e. The highest BCUT2D eigenvalue weighted by Crippen LogP contribution is 2.08. The highest BCUT2D eigenvalue weighted by Gasteiger charge is 1.90. The fraction of sp³-hybridized carbons (Fsp3) is 1.00. The van der Waals surface area contributed by atoms with Crippen LogP contribution in [0.1, 0.15) is 51.4 Å². The molecule has 0 spiro atoms. The lowest BCUT2D eigenvalue weighted by Gasteiger charge is -1.99. The summed E-state index contributed by atoms with van der Waals surface area (Å²) < 4.78 is 0. The molecule has 0 aliphatic rings. The number of unbranched alkanes of at least 4 members (excludes halogenated alkanes) is 7. The Morgan fingerprint density at radius 3 is 1.50 bits per heavy atom. The Labute approximate surface area is 78.0 Å². The molecule has 0 heterocycles. The fourth-order valence-corrected chi connectivity index (χ4v) is 1.32. The Kier molecular flexibility index (Phi) is 11.0. The molecule has 0 aliphatic carbocycles. The monoisotopic (exact) mass is 168 g/mol. The van der Waals surface area contributed by atoms with E-state index in [1.807, 2.05) is 0 Å². The van der Waals surface area contributed by atoms with Crippen LogP contribution in [0.2, 0.25) is 6.32 Å². The molecule has 0 aromatic carbocycles. The largest absolute Gasteiger partial charge is 0.396 e. The molecule has 0 aromatic heterocycles. The molecule has 70 valence electrons. The van der Waals surface area contributed by atoms with Gasteiger partial charge in [-0.15, -0.1) is 0 Å². The average Bonchev–Trinajstić information content (AvgIpc) is 2.10. The summed E-state index contributed by atoms with van der Waals surface area (Å²) in [5.74, 6) is 0. The van der Waals surface area contributed by atoms with Gasteiger partial charge in [0.1, 0.15) is 0 Å². The third-order valence-corrected chi connectivity index (χ3v) is 2.11. The average molecular weight is 168 g/mol. The van der Waals surface area contributed by atoms with Gasteiger partial charge in [0, 0.05) is 6.61 Å². The van der Waals surface area contributed by atoms with E-state index in [2.05, 4.69) is 0 Å². The van der Waals surface area contributed by atoms with Crippen molar-refractivity contribution in [2.75, 3.05) is 6.61 Å². The Hall–Kier alpha value is 0.0249. The molecule has 1 nitrogen and oxygen atoms in total. The van der Waals surface area contributed by atoms with Crippen molar-refractivity contribution >= 4 is 7.85 Å². The topological polar surface area (TPSA) is 20.2 Å². The van der Waals surface area contributed by atoms with Crippen LogP contribution in [0.15, 0.2) is 0 Å². The van der Waals surface area contributed by atoms with E-state index in [1.54, 1.807) is 0 Å². The van der Waals surface area contributed by atoms with Crippen LogP contribution in [0, 0.1) is 0 Å². The summed E-state index contributed by atoms with van der Waals surface area (Å²) in [7, 11) is 5.38. The van der Waals surface area contributed by atoms with Gasteiger partial charge in [0.05, 0.1) is 7.85 Å². The van der Waals surface area contributed by atoms with Crippen molar-refractivity contribution in [2.45, 2.75) is 57.7 Å². The predicted molar refractivity (Wildman–Crippen MR) is 54.6 cm³/mol. The zero-order valence-corrected chi connectivity index (χ0v) is 8.10. The van der Waals surface area contributed by atoms with Gasteiger partial charge < -0.3 is 5.11 Å². The van der Waals surface area contributed by atoms with Crippen molar-refractivity contribution in [1.29, 1.82) is 0 Å². The minimum atomic E-state index is 0.354. The molecule has 0 fully saturated rings. The maximum atomic E-state index is 8.53. The van der Waals surface area contributed by atoms with Crippen molar-refractivity contribution in [2.24, 2.45) is 0 Å². The molecule has 0 saturated heterocycles. The SMILES string of the molecule is [B]CCCCCCCCCCO. The lowest BCUT2D eigenvalue weighted by molar-refractivity contribution is 0.282. The van der Waals surface area contributed by atoms with Gasteiger partial charge in [0.15, 0.2) is 0 Å². The van der Waals surface area contributed by atoms with E-state index in [0.717, 1.165) is 12.7 Å². The van der Waals surface area contributed by atoms with Crippen LogP contribution in [-0.2, 0) is 0 Å². The highest BCUT2D eigenvalue weighted by molar-refractivity contribution is 6.08. The van der Waals surface area contributed by atoms with E-state index in [9.17, 15) is 0 Å². The van der Waals surface area contributed by atoms with Gasteiger partial charge in [0.2, 0.25) is 0 Å². The molecular weight excluding hydrogens is 147 g/mol. The van der Waals surface area contributed by atoms with Crippen LogP contribution in [0.25, 0.3) is 0 Å². The highest BCUT2D eigenvalue weighted by atomic mass is 16.2. The number of hydrogen-bond donors (Lipinski definition) is 1. The maximum absolute atomic E-state index is 8.53. The standard InChI is InChI=1S/C10H21BO/c11-9-7-5-3-1-2-4-6-8-10-12/h12H,1-10H2. The summed E-state index contributed by atoms with van der Waals surface area (Å²) in [6.45, 7) is 0.354. The second kappa shape index (κ2) is 11.0. The molecule has 2 radical (unpaired) electrons. The minimum Gasteiger partial charge on any atom is -0.396 e. The molecule has 2 heteroatoms. The molecule has 0 unspecified atom stereocenters. The van der Waals surface area contributed by atoms with Gasteiger partial charge in [-0.25, -0.2) is 0 Å². The van der Waals surface area contributed by atoms with Crippen LogP contribution in [0.3, 0.4) is 0 Å². The van der Waals surface area contributed by atoms with Crippen molar-refractivity contribution in [1.82, 2.24) is 0 Å². The van der Waals surface area contributed by atoms with Crippen LogP contribution in [-0.4, -0.2) is 19.6 Å². The third-order valence-electron chi connectivity index (χ3n) is 2.11. The molecule has 0 rings (SSSR count). The number of aliphatic hydroxyl groups excluding tert-OH is 1. The molecule has 0 aromatic rings. The van der Waals surface area contributed by atoms with Crippen LogP contribution in [0.4, 0.5) is 0 Å². The van der Waals surface area contributed by atoms with Crippen molar-refractivity contribution < 1.29 is 5.11 Å². The van der Waals surface area contributed by atoms with E-state index in [0.29, 0.717) is 6.61 Å². The molecule has 12 heavy (non-hydrogen) atoms. The van der Waals surface area contributed by atoms with E-state index in [4.69, 9.17) is 13.0 Å². The second-order valence-electron chi connectivity index (χ2n) is 3.34. The van der Waals surface area contributed by atoms with E-state index >= 15 is 0 Å². The van der Waals surface area contributed by atoms with Crippen LogP contribution in [0.5, 0.6) is 0 Å². The predicted octanol–water partition coefficient (Wildman–Crippen LogP) is 2.69. The Morgan fingerprint density at radius 2 is 1.08 bits per heavy atom. The smallest absolute Gasteiger partial charge is 0.0653 e. The molecule has 0 amide bonds. The van der Waals surface area contributed by atoms with Gasteiger partial charge in [-0.2, -0.15) is 0 Å². The van der Waals surface area contributed by atoms with E-state index in [1.165, 1.54) is 44.9 Å². The molecule has 1 N–H and O–H groups in total. The zero-order valence-electron chi connectivity index (χ0n) is 8.10. The molecular formula is C10H21BO. The summed E-state index contributed by atoms with van der Waals surface area (Å²) in [6, 6.07) is 0. The zero-order chi connectivity index (χ0) is 9.07.